The Kier molecular flexibility index (Phi) is 7.04. The van der Waals surface area contributed by atoms with Gasteiger partial charge in [0.2, 0.25) is 0 Å². The fourth-order valence-electron chi connectivity index (χ4n) is 3.62. The number of pyridine rings is 1. The molecule has 3 rings (SSSR count). The summed E-state index contributed by atoms with van der Waals surface area (Å²) in [5, 5.41) is 21.3. The van der Waals surface area contributed by atoms with Crippen molar-refractivity contribution in [1.82, 2.24) is 10.0 Å². The Morgan fingerprint density at radius 2 is 1.77 bits per heavy atom. The Labute approximate surface area is 181 Å². The molecule has 0 bridgehead atoms. The van der Waals surface area contributed by atoms with Crippen LogP contribution in [0.2, 0.25) is 0 Å². The zero-order valence-electron chi connectivity index (χ0n) is 17.4. The van der Waals surface area contributed by atoms with E-state index in [9.17, 15) is 23.5 Å². The van der Waals surface area contributed by atoms with Crippen molar-refractivity contribution in [2.45, 2.75) is 37.4 Å². The Bertz CT molecular complexity index is 1150. The first kappa shape index (κ1) is 22.9. The smallest absolute Gasteiger partial charge is 0.323 e. The van der Waals surface area contributed by atoms with Gasteiger partial charge in [0.15, 0.2) is 15.2 Å². The van der Waals surface area contributed by atoms with Crippen LogP contribution in [0.4, 0.5) is 0 Å². The number of rotatable bonds is 9. The van der Waals surface area contributed by atoms with Crippen molar-refractivity contribution in [3.05, 3.63) is 78.1 Å². The molecule has 0 radical (unpaired) electrons. The number of hydroxylamine groups is 2. The molecular formula is C23H26N2O5S. The summed E-state index contributed by atoms with van der Waals surface area (Å²) >= 11 is 0. The molecule has 1 unspecified atom stereocenters. The topological polar surface area (TPSA) is 108 Å². The average molecular weight is 443 g/mol. The van der Waals surface area contributed by atoms with Crippen molar-refractivity contribution < 1.29 is 23.5 Å². The Balaban J connectivity index is 2.01. The molecule has 2 atom stereocenters. The summed E-state index contributed by atoms with van der Waals surface area (Å²) in [6, 6.07) is 14.7. The molecule has 0 aliphatic rings. The molecule has 7 nitrogen and oxygen atoms in total. The maximum absolute atomic E-state index is 13.5. The molecule has 0 fully saturated rings. The Morgan fingerprint density at radius 3 is 2.39 bits per heavy atom. The van der Waals surface area contributed by atoms with Gasteiger partial charge in [-0.2, -0.15) is 5.06 Å². The Morgan fingerprint density at radius 1 is 1.06 bits per heavy atom. The number of nitrogens with zero attached hydrogens (tertiary/aromatic N) is 2. The van der Waals surface area contributed by atoms with Crippen LogP contribution in [0.3, 0.4) is 0 Å². The summed E-state index contributed by atoms with van der Waals surface area (Å²) in [6.45, 7) is 3.62. The van der Waals surface area contributed by atoms with Gasteiger partial charge in [0.1, 0.15) is 6.04 Å². The maximum atomic E-state index is 13.5. The number of fused-ring (bicyclic) bond motifs is 1. The highest BCUT2D eigenvalue weighted by Gasteiger charge is 2.39. The highest BCUT2D eigenvalue weighted by molar-refractivity contribution is 7.90. The third-order valence-electron chi connectivity index (χ3n) is 5.03. The molecule has 0 saturated carbocycles. The average Bonchev–Trinajstić information content (AvgIpc) is 2.72. The molecule has 3 aromatic rings. The molecule has 31 heavy (non-hydrogen) atoms. The van der Waals surface area contributed by atoms with Gasteiger partial charge in [0, 0.05) is 18.0 Å². The van der Waals surface area contributed by atoms with Gasteiger partial charge in [0.25, 0.3) is 0 Å². The number of hydrogen-bond acceptors (Lipinski definition) is 6. The summed E-state index contributed by atoms with van der Waals surface area (Å²) in [6.07, 6.45) is 2.91. The number of hydrogen-bond donors (Lipinski definition) is 2. The quantitative estimate of drug-likeness (QED) is 0.482. The lowest BCUT2D eigenvalue weighted by molar-refractivity contribution is -0.177. The van der Waals surface area contributed by atoms with E-state index < -0.39 is 27.2 Å². The summed E-state index contributed by atoms with van der Waals surface area (Å²) in [4.78, 5) is 15.8. The SMILES string of the molecule is CC(C)C[C@H](C(=O)O)N(O)C(c1cccnc1)S(=O)(=O)Cc1ccc2ccccc2c1. The molecule has 164 valence electrons. The van der Waals surface area contributed by atoms with E-state index in [-0.39, 0.29) is 23.7 Å². The van der Waals surface area contributed by atoms with E-state index in [1.165, 1.54) is 18.5 Å². The standard InChI is InChI=1S/C23H26N2O5S/c1-16(2)12-21(23(26)27)25(28)22(20-8-5-11-24-14-20)31(29,30)15-17-9-10-18-6-3-4-7-19(18)13-17/h3-11,13-14,16,21-22,28H,12,15H2,1-2H3,(H,26,27)/t21-,22?/m1/s1. The molecule has 0 spiro atoms. The van der Waals surface area contributed by atoms with Crippen molar-refractivity contribution in [2.75, 3.05) is 0 Å². The van der Waals surface area contributed by atoms with Gasteiger partial charge in [-0.1, -0.05) is 62.4 Å². The fraction of sp³-hybridized carbons (Fsp3) is 0.304. The number of sulfone groups is 1. The molecule has 1 aromatic heterocycles. The van der Waals surface area contributed by atoms with E-state index in [1.54, 1.807) is 18.2 Å². The summed E-state index contributed by atoms with van der Waals surface area (Å²) in [7, 11) is -4.04. The van der Waals surface area contributed by atoms with Gasteiger partial charge in [0.05, 0.1) is 5.75 Å². The van der Waals surface area contributed by atoms with Gasteiger partial charge in [-0.15, -0.1) is 0 Å². The number of aromatic nitrogens is 1. The van der Waals surface area contributed by atoms with Crippen LogP contribution in [0, 0.1) is 5.92 Å². The van der Waals surface area contributed by atoms with Crippen LogP contribution in [0.5, 0.6) is 0 Å². The van der Waals surface area contributed by atoms with Crippen LogP contribution in [-0.2, 0) is 20.4 Å². The van der Waals surface area contributed by atoms with E-state index in [0.717, 1.165) is 10.8 Å². The zero-order chi connectivity index (χ0) is 22.6. The van der Waals surface area contributed by atoms with Gasteiger partial charge >= 0.3 is 5.97 Å². The molecule has 0 aliphatic carbocycles. The third kappa shape index (κ3) is 5.46. The minimum absolute atomic E-state index is 0.0616. The fourth-order valence-corrected chi connectivity index (χ4v) is 5.45. The second-order valence-corrected chi connectivity index (χ2v) is 10.1. The minimum atomic E-state index is -4.04. The molecule has 2 N–H and O–H groups in total. The first-order valence-electron chi connectivity index (χ1n) is 9.98. The van der Waals surface area contributed by atoms with Crippen LogP contribution >= 0.6 is 0 Å². The van der Waals surface area contributed by atoms with E-state index in [1.807, 2.05) is 44.2 Å². The minimum Gasteiger partial charge on any atom is -0.480 e. The van der Waals surface area contributed by atoms with Crippen LogP contribution in [-0.4, -0.2) is 40.8 Å². The van der Waals surface area contributed by atoms with Crippen LogP contribution in [0.25, 0.3) is 10.8 Å². The molecular weight excluding hydrogens is 416 g/mol. The lowest BCUT2D eigenvalue weighted by atomic mass is 10.0. The van der Waals surface area contributed by atoms with Crippen molar-refractivity contribution in [3.63, 3.8) is 0 Å². The number of carboxylic acid groups (broad SMARTS) is 1. The monoisotopic (exact) mass is 442 g/mol. The van der Waals surface area contributed by atoms with Crippen LogP contribution in [0.15, 0.2) is 67.0 Å². The first-order valence-corrected chi connectivity index (χ1v) is 11.7. The van der Waals surface area contributed by atoms with Gasteiger partial charge < -0.3 is 10.3 Å². The van der Waals surface area contributed by atoms with Crippen molar-refractivity contribution in [2.24, 2.45) is 5.92 Å². The molecule has 0 aliphatic heterocycles. The number of benzene rings is 2. The molecule has 8 heteroatoms. The maximum Gasteiger partial charge on any atom is 0.323 e. The molecule has 0 amide bonds. The van der Waals surface area contributed by atoms with Crippen molar-refractivity contribution in [3.8, 4) is 0 Å². The van der Waals surface area contributed by atoms with Gasteiger partial charge in [-0.25, -0.2) is 8.42 Å². The van der Waals surface area contributed by atoms with Crippen LogP contribution in [0.1, 0.15) is 36.8 Å². The molecule has 0 saturated heterocycles. The van der Waals surface area contributed by atoms with E-state index in [2.05, 4.69) is 4.98 Å². The normalized spacial score (nSPS) is 14.1. The van der Waals surface area contributed by atoms with E-state index in [4.69, 9.17) is 0 Å². The molecule has 1 heterocycles. The lowest BCUT2D eigenvalue weighted by Gasteiger charge is -2.31. The Hall–Kier alpha value is -2.81. The van der Waals surface area contributed by atoms with E-state index >= 15 is 0 Å². The van der Waals surface area contributed by atoms with Gasteiger partial charge in [-0.05, 0) is 34.7 Å². The zero-order valence-corrected chi connectivity index (χ0v) is 18.2. The van der Waals surface area contributed by atoms with Gasteiger partial charge in [-0.3, -0.25) is 9.78 Å². The molecule has 2 aromatic carbocycles. The highest BCUT2D eigenvalue weighted by atomic mass is 32.2. The summed E-state index contributed by atoms with van der Waals surface area (Å²) in [5.74, 6) is -1.71. The van der Waals surface area contributed by atoms with Crippen molar-refractivity contribution >= 4 is 26.6 Å². The second kappa shape index (κ2) is 9.55. The number of carbonyl (C=O) groups is 1. The lowest BCUT2D eigenvalue weighted by Crippen LogP contribution is -2.45. The number of aliphatic carboxylic acids is 1. The summed E-state index contributed by atoms with van der Waals surface area (Å²) in [5.41, 5.74) is 0.762. The van der Waals surface area contributed by atoms with E-state index in [0.29, 0.717) is 10.6 Å². The summed E-state index contributed by atoms with van der Waals surface area (Å²) < 4.78 is 26.9. The van der Waals surface area contributed by atoms with Crippen LogP contribution < -0.4 is 0 Å². The predicted octanol–water partition coefficient (Wildman–Crippen LogP) is 4.04. The van der Waals surface area contributed by atoms with Crippen molar-refractivity contribution in [1.29, 1.82) is 0 Å². The third-order valence-corrected chi connectivity index (χ3v) is 6.93. The second-order valence-electron chi connectivity index (χ2n) is 7.99. The largest absolute Gasteiger partial charge is 0.480 e. The highest BCUT2D eigenvalue weighted by Crippen LogP contribution is 2.32. The number of carboxylic acids is 1. The predicted molar refractivity (Wildman–Crippen MR) is 118 cm³/mol. The first-order chi connectivity index (χ1) is 14.7.